The van der Waals surface area contributed by atoms with Crippen LogP contribution >= 0.6 is 34.2 Å². The molecule has 64 valence electrons. The van der Waals surface area contributed by atoms with Crippen LogP contribution in [0.1, 0.15) is 10.4 Å². The van der Waals surface area contributed by atoms with E-state index in [0.717, 1.165) is 3.57 Å². The average molecular weight is 296 g/mol. The highest BCUT2D eigenvalue weighted by molar-refractivity contribution is 14.1. The average Bonchev–Trinajstić information content (AvgIpc) is 2.03. The van der Waals surface area contributed by atoms with Gasteiger partial charge in [0.15, 0.2) is 0 Å². The third-order valence-corrected chi connectivity index (χ3v) is 2.57. The lowest BCUT2D eigenvalue weighted by molar-refractivity contribution is 0.0600. The van der Waals surface area contributed by atoms with E-state index in [1.54, 1.807) is 18.2 Å². The van der Waals surface area contributed by atoms with Crippen molar-refractivity contribution in [1.29, 1.82) is 0 Å². The van der Waals surface area contributed by atoms with Crippen LogP contribution < -0.4 is 0 Å². The maximum Gasteiger partial charge on any atom is 0.340 e. The highest BCUT2D eigenvalue weighted by Gasteiger charge is 2.13. The summed E-state index contributed by atoms with van der Waals surface area (Å²) in [6, 6.07) is 5.26. The number of halogens is 2. The Balaban J connectivity index is 3.21. The molecule has 0 radical (unpaired) electrons. The summed E-state index contributed by atoms with van der Waals surface area (Å²) in [5.74, 6) is -0.398. The molecule has 0 unspecified atom stereocenters. The van der Waals surface area contributed by atoms with Crippen molar-refractivity contribution < 1.29 is 9.53 Å². The maximum atomic E-state index is 11.1. The number of benzene rings is 1. The van der Waals surface area contributed by atoms with Crippen molar-refractivity contribution in [1.82, 2.24) is 0 Å². The Morgan fingerprint density at radius 3 is 2.75 bits per heavy atom. The predicted octanol–water partition coefficient (Wildman–Crippen LogP) is 2.73. The van der Waals surface area contributed by atoms with Crippen LogP contribution in [0.4, 0.5) is 0 Å². The molecule has 4 heteroatoms. The molecule has 0 saturated carbocycles. The van der Waals surface area contributed by atoms with Crippen LogP contribution in [-0.4, -0.2) is 13.1 Å². The zero-order valence-electron chi connectivity index (χ0n) is 6.30. The Kier molecular flexibility index (Phi) is 3.34. The molecule has 12 heavy (non-hydrogen) atoms. The second kappa shape index (κ2) is 4.09. The molecule has 0 amide bonds. The number of ether oxygens (including phenoxy) is 1. The fraction of sp³-hybridized carbons (Fsp3) is 0.125. The molecule has 1 aromatic carbocycles. The first-order valence-electron chi connectivity index (χ1n) is 3.19. The summed E-state index contributed by atoms with van der Waals surface area (Å²) >= 11 is 7.84. The van der Waals surface area contributed by atoms with Crippen LogP contribution in [-0.2, 0) is 4.74 Å². The molecule has 0 aliphatic heterocycles. The Labute approximate surface area is 89.0 Å². The standard InChI is InChI=1S/C8H6ClIO2/c1-12-8(11)7-5(9)3-2-4-6(7)10/h2-4H,1H3. The lowest BCUT2D eigenvalue weighted by atomic mass is 10.2. The van der Waals surface area contributed by atoms with Crippen molar-refractivity contribution in [2.75, 3.05) is 7.11 Å². The highest BCUT2D eigenvalue weighted by atomic mass is 127. The van der Waals surface area contributed by atoms with E-state index in [1.165, 1.54) is 7.11 Å². The normalized spacial score (nSPS) is 9.58. The number of carbonyl (C=O) groups excluding carboxylic acids is 1. The van der Waals surface area contributed by atoms with Gasteiger partial charge >= 0.3 is 5.97 Å². The van der Waals surface area contributed by atoms with Gasteiger partial charge in [-0.3, -0.25) is 0 Å². The van der Waals surface area contributed by atoms with Crippen LogP contribution in [0.25, 0.3) is 0 Å². The van der Waals surface area contributed by atoms with E-state index in [2.05, 4.69) is 4.74 Å². The van der Waals surface area contributed by atoms with Crippen LogP contribution in [0.15, 0.2) is 18.2 Å². The van der Waals surface area contributed by atoms with Crippen molar-refractivity contribution in [3.8, 4) is 0 Å². The highest BCUT2D eigenvalue weighted by Crippen LogP contribution is 2.21. The van der Waals surface area contributed by atoms with Crippen molar-refractivity contribution in [3.05, 3.63) is 32.4 Å². The fourth-order valence-electron chi connectivity index (χ4n) is 0.795. The van der Waals surface area contributed by atoms with Crippen molar-refractivity contribution in [2.24, 2.45) is 0 Å². The maximum absolute atomic E-state index is 11.1. The minimum Gasteiger partial charge on any atom is -0.465 e. The van der Waals surface area contributed by atoms with Gasteiger partial charge in [-0.2, -0.15) is 0 Å². The molecule has 1 rings (SSSR count). The summed E-state index contributed by atoms with van der Waals surface area (Å²) in [6.45, 7) is 0. The van der Waals surface area contributed by atoms with E-state index in [1.807, 2.05) is 22.6 Å². The van der Waals surface area contributed by atoms with Crippen LogP contribution in [0, 0.1) is 3.57 Å². The van der Waals surface area contributed by atoms with Crippen molar-refractivity contribution in [2.45, 2.75) is 0 Å². The first-order valence-corrected chi connectivity index (χ1v) is 4.65. The lowest BCUT2D eigenvalue weighted by Crippen LogP contribution is -2.04. The molecule has 0 heterocycles. The summed E-state index contributed by atoms with van der Waals surface area (Å²) in [7, 11) is 1.34. The zero-order chi connectivity index (χ0) is 9.14. The quantitative estimate of drug-likeness (QED) is 0.588. The summed E-state index contributed by atoms with van der Waals surface area (Å²) in [5.41, 5.74) is 0.433. The van der Waals surface area contributed by atoms with Crippen LogP contribution in [0.5, 0.6) is 0 Å². The second-order valence-electron chi connectivity index (χ2n) is 2.09. The molecule has 0 aliphatic rings. The first-order chi connectivity index (χ1) is 5.66. The monoisotopic (exact) mass is 296 g/mol. The Hall–Kier alpha value is -0.290. The number of hydrogen-bond acceptors (Lipinski definition) is 2. The predicted molar refractivity (Wildman–Crippen MR) is 55.5 cm³/mol. The third-order valence-electron chi connectivity index (χ3n) is 1.35. The topological polar surface area (TPSA) is 26.3 Å². The van der Waals surface area contributed by atoms with Gasteiger partial charge in [0.2, 0.25) is 0 Å². The Morgan fingerprint density at radius 2 is 2.25 bits per heavy atom. The lowest BCUT2D eigenvalue weighted by Gasteiger charge is -2.03. The van der Waals surface area contributed by atoms with Gasteiger partial charge in [0.1, 0.15) is 0 Å². The molecule has 0 aromatic heterocycles. The van der Waals surface area contributed by atoms with E-state index in [4.69, 9.17) is 11.6 Å². The van der Waals surface area contributed by atoms with E-state index < -0.39 is 5.97 Å². The number of rotatable bonds is 1. The number of methoxy groups -OCH3 is 1. The van der Waals surface area contributed by atoms with E-state index in [9.17, 15) is 4.79 Å². The van der Waals surface area contributed by atoms with E-state index in [-0.39, 0.29) is 0 Å². The zero-order valence-corrected chi connectivity index (χ0v) is 9.22. The van der Waals surface area contributed by atoms with Crippen LogP contribution in [0.3, 0.4) is 0 Å². The molecule has 0 fully saturated rings. The molecule has 1 aromatic rings. The molecule has 0 atom stereocenters. The number of hydrogen-bond donors (Lipinski definition) is 0. The number of carbonyl (C=O) groups is 1. The number of esters is 1. The molecule has 0 N–H and O–H groups in total. The largest absolute Gasteiger partial charge is 0.465 e. The smallest absolute Gasteiger partial charge is 0.340 e. The molecule has 0 aliphatic carbocycles. The SMILES string of the molecule is COC(=O)c1c(Cl)cccc1I. The minimum atomic E-state index is -0.398. The second-order valence-corrected chi connectivity index (χ2v) is 3.66. The van der Waals surface area contributed by atoms with Gasteiger partial charge in [0.25, 0.3) is 0 Å². The first kappa shape index (κ1) is 9.80. The summed E-state index contributed by atoms with van der Waals surface area (Å²) in [6.07, 6.45) is 0. The summed E-state index contributed by atoms with van der Waals surface area (Å²) in [5, 5.41) is 0.425. The third kappa shape index (κ3) is 1.90. The fourth-order valence-corrected chi connectivity index (χ4v) is 1.92. The van der Waals surface area contributed by atoms with Gasteiger partial charge in [0.05, 0.1) is 17.7 Å². The Bertz CT molecular complexity index is 292. The van der Waals surface area contributed by atoms with Gasteiger partial charge in [-0.05, 0) is 34.7 Å². The minimum absolute atomic E-state index is 0.398. The van der Waals surface area contributed by atoms with Gasteiger partial charge in [0, 0.05) is 3.57 Å². The molecule has 0 bridgehead atoms. The summed E-state index contributed by atoms with van der Waals surface area (Å²) in [4.78, 5) is 11.1. The van der Waals surface area contributed by atoms with Gasteiger partial charge in [-0.15, -0.1) is 0 Å². The van der Waals surface area contributed by atoms with Gasteiger partial charge < -0.3 is 4.74 Å². The molecular weight excluding hydrogens is 290 g/mol. The van der Waals surface area contributed by atoms with E-state index >= 15 is 0 Å². The molecule has 2 nitrogen and oxygen atoms in total. The Morgan fingerprint density at radius 1 is 1.58 bits per heavy atom. The van der Waals surface area contributed by atoms with Crippen molar-refractivity contribution in [3.63, 3.8) is 0 Å². The van der Waals surface area contributed by atoms with Gasteiger partial charge in [-0.1, -0.05) is 17.7 Å². The van der Waals surface area contributed by atoms with Gasteiger partial charge in [-0.25, -0.2) is 4.79 Å². The van der Waals surface area contributed by atoms with E-state index in [0.29, 0.717) is 10.6 Å². The van der Waals surface area contributed by atoms with Crippen LogP contribution in [0.2, 0.25) is 5.02 Å². The molecule has 0 saturated heterocycles. The molecule has 0 spiro atoms. The van der Waals surface area contributed by atoms with Crippen molar-refractivity contribution >= 4 is 40.2 Å². The molecular formula is C8H6ClIO2. The summed E-state index contributed by atoms with van der Waals surface area (Å²) < 4.78 is 5.37.